The van der Waals surface area contributed by atoms with E-state index in [1.807, 2.05) is 0 Å². The van der Waals surface area contributed by atoms with E-state index in [1.165, 1.54) is 19.3 Å². The summed E-state index contributed by atoms with van der Waals surface area (Å²) in [6.45, 7) is 1.62. The number of carboxylic acid groups (broad SMARTS) is 1. The summed E-state index contributed by atoms with van der Waals surface area (Å²) >= 11 is 0. The number of carbonyl (C=O) groups excluding carboxylic acids is 1. The number of hydrogen-bond donors (Lipinski definition) is 1. The number of rotatable bonds is 5. The predicted octanol–water partition coefficient (Wildman–Crippen LogP) is 2.42. The third-order valence-electron chi connectivity index (χ3n) is 4.19. The van der Waals surface area contributed by atoms with Crippen LogP contribution in [0.5, 0.6) is 0 Å². The lowest BCUT2D eigenvalue weighted by atomic mass is 9.86. The molecule has 2 saturated carbocycles. The Labute approximate surface area is 108 Å². The minimum atomic E-state index is -0.890. The Hall–Kier alpha value is -1.06. The molecule has 1 amide bonds. The highest BCUT2D eigenvalue weighted by Crippen LogP contribution is 2.32. The summed E-state index contributed by atoms with van der Waals surface area (Å²) in [6, 6.07) is -0.485. The van der Waals surface area contributed by atoms with E-state index in [1.54, 1.807) is 11.8 Å². The summed E-state index contributed by atoms with van der Waals surface area (Å²) < 4.78 is 0. The third-order valence-corrected chi connectivity index (χ3v) is 4.19. The van der Waals surface area contributed by atoms with E-state index in [0.717, 1.165) is 25.7 Å². The van der Waals surface area contributed by atoms with Crippen LogP contribution in [0, 0.1) is 5.92 Å². The average molecular weight is 253 g/mol. The molecule has 0 spiro atoms. The van der Waals surface area contributed by atoms with Gasteiger partial charge in [-0.05, 0) is 38.5 Å². The molecule has 4 nitrogen and oxygen atoms in total. The molecular weight excluding hydrogens is 230 g/mol. The van der Waals surface area contributed by atoms with E-state index in [9.17, 15) is 9.59 Å². The molecule has 2 aliphatic rings. The average Bonchev–Trinajstić information content (AvgIpc) is 3.14. The normalized spacial score (nSPS) is 22.5. The Bertz CT molecular complexity index is 319. The standard InChI is InChI=1S/C14H23NO3/c1-10(14(17)18)15(12-7-8-12)13(16)9-11-5-3-2-4-6-11/h10-12H,2-9H2,1H3,(H,17,18). The summed E-state index contributed by atoms with van der Waals surface area (Å²) in [5.74, 6) is -0.355. The highest BCUT2D eigenvalue weighted by Gasteiger charge is 2.38. The lowest BCUT2D eigenvalue weighted by Gasteiger charge is -2.29. The van der Waals surface area contributed by atoms with Crippen molar-refractivity contribution in [1.29, 1.82) is 0 Å². The fourth-order valence-corrected chi connectivity index (χ4v) is 2.95. The van der Waals surface area contributed by atoms with Crippen molar-refractivity contribution < 1.29 is 14.7 Å². The van der Waals surface area contributed by atoms with Crippen molar-refractivity contribution in [2.24, 2.45) is 5.92 Å². The van der Waals surface area contributed by atoms with Gasteiger partial charge < -0.3 is 10.0 Å². The van der Waals surface area contributed by atoms with Gasteiger partial charge in [0.25, 0.3) is 0 Å². The van der Waals surface area contributed by atoms with Gasteiger partial charge in [0.2, 0.25) is 5.91 Å². The summed E-state index contributed by atoms with van der Waals surface area (Å²) in [5, 5.41) is 9.09. The van der Waals surface area contributed by atoms with E-state index >= 15 is 0 Å². The first kappa shape index (κ1) is 13.4. The van der Waals surface area contributed by atoms with Crippen LogP contribution < -0.4 is 0 Å². The van der Waals surface area contributed by atoms with Gasteiger partial charge in [-0.2, -0.15) is 0 Å². The lowest BCUT2D eigenvalue weighted by molar-refractivity contribution is -0.150. The van der Waals surface area contributed by atoms with Crippen LogP contribution in [-0.4, -0.2) is 34.0 Å². The van der Waals surface area contributed by atoms with Gasteiger partial charge in [-0.15, -0.1) is 0 Å². The van der Waals surface area contributed by atoms with E-state index in [4.69, 9.17) is 5.11 Å². The van der Waals surface area contributed by atoms with E-state index < -0.39 is 12.0 Å². The number of carboxylic acids is 1. The van der Waals surface area contributed by atoms with Crippen LogP contribution in [0.2, 0.25) is 0 Å². The molecule has 1 unspecified atom stereocenters. The number of aliphatic carboxylic acids is 1. The van der Waals surface area contributed by atoms with Crippen molar-refractivity contribution in [3.05, 3.63) is 0 Å². The lowest BCUT2D eigenvalue weighted by Crippen LogP contribution is -2.45. The monoisotopic (exact) mass is 253 g/mol. The molecule has 0 aromatic heterocycles. The Morgan fingerprint density at radius 2 is 1.78 bits per heavy atom. The van der Waals surface area contributed by atoms with Crippen LogP contribution in [-0.2, 0) is 9.59 Å². The zero-order chi connectivity index (χ0) is 13.1. The first-order valence-corrected chi connectivity index (χ1v) is 7.13. The van der Waals surface area contributed by atoms with Crippen LogP contribution >= 0.6 is 0 Å². The quantitative estimate of drug-likeness (QED) is 0.818. The van der Waals surface area contributed by atoms with Crippen LogP contribution in [0.25, 0.3) is 0 Å². The SMILES string of the molecule is CC(C(=O)O)N(C(=O)CC1CCCCC1)C1CC1. The fourth-order valence-electron chi connectivity index (χ4n) is 2.95. The predicted molar refractivity (Wildman–Crippen MR) is 68.2 cm³/mol. The van der Waals surface area contributed by atoms with Crippen molar-refractivity contribution in [2.75, 3.05) is 0 Å². The van der Waals surface area contributed by atoms with Gasteiger partial charge in [-0.25, -0.2) is 4.79 Å². The van der Waals surface area contributed by atoms with Crippen LogP contribution in [0.15, 0.2) is 0 Å². The van der Waals surface area contributed by atoms with Crippen molar-refractivity contribution in [3.8, 4) is 0 Å². The third kappa shape index (κ3) is 3.24. The topological polar surface area (TPSA) is 57.6 Å². The number of carbonyl (C=O) groups is 2. The van der Waals surface area contributed by atoms with Crippen LogP contribution in [0.1, 0.15) is 58.3 Å². The number of amides is 1. The second-order valence-corrected chi connectivity index (χ2v) is 5.75. The van der Waals surface area contributed by atoms with Crippen molar-refractivity contribution in [1.82, 2.24) is 4.90 Å². The van der Waals surface area contributed by atoms with Crippen LogP contribution in [0.4, 0.5) is 0 Å². The summed E-state index contributed by atoms with van der Waals surface area (Å²) in [4.78, 5) is 25.0. The fraction of sp³-hybridized carbons (Fsp3) is 0.857. The molecular formula is C14H23NO3. The van der Waals surface area contributed by atoms with Gasteiger partial charge in [0.15, 0.2) is 0 Å². The van der Waals surface area contributed by atoms with E-state index in [-0.39, 0.29) is 11.9 Å². The maximum atomic E-state index is 12.3. The van der Waals surface area contributed by atoms with Gasteiger partial charge in [-0.1, -0.05) is 19.3 Å². The van der Waals surface area contributed by atoms with Gasteiger partial charge in [0.05, 0.1) is 0 Å². The number of hydrogen-bond acceptors (Lipinski definition) is 2. The van der Waals surface area contributed by atoms with Gasteiger partial charge >= 0.3 is 5.97 Å². The molecule has 0 saturated heterocycles. The second-order valence-electron chi connectivity index (χ2n) is 5.75. The maximum absolute atomic E-state index is 12.3. The Morgan fingerprint density at radius 3 is 2.28 bits per heavy atom. The largest absolute Gasteiger partial charge is 0.480 e. The summed E-state index contributed by atoms with van der Waals surface area (Å²) in [7, 11) is 0. The molecule has 2 rings (SSSR count). The molecule has 0 aromatic carbocycles. The first-order valence-electron chi connectivity index (χ1n) is 7.13. The van der Waals surface area contributed by atoms with Crippen molar-refractivity contribution in [3.63, 3.8) is 0 Å². The van der Waals surface area contributed by atoms with Gasteiger partial charge in [-0.3, -0.25) is 4.79 Å². The van der Waals surface area contributed by atoms with E-state index in [2.05, 4.69) is 0 Å². The summed E-state index contributed by atoms with van der Waals surface area (Å²) in [6.07, 6.45) is 8.46. The molecule has 2 fully saturated rings. The molecule has 0 heterocycles. The van der Waals surface area contributed by atoms with E-state index in [0.29, 0.717) is 12.3 Å². The Balaban J connectivity index is 1.93. The van der Waals surface area contributed by atoms with Crippen LogP contribution in [0.3, 0.4) is 0 Å². The summed E-state index contributed by atoms with van der Waals surface area (Å²) in [5.41, 5.74) is 0. The second kappa shape index (κ2) is 5.72. The maximum Gasteiger partial charge on any atom is 0.326 e. The number of nitrogens with zero attached hydrogens (tertiary/aromatic N) is 1. The molecule has 0 aliphatic heterocycles. The first-order chi connectivity index (χ1) is 8.59. The molecule has 102 valence electrons. The zero-order valence-electron chi connectivity index (χ0n) is 11.1. The minimum Gasteiger partial charge on any atom is -0.480 e. The molecule has 0 bridgehead atoms. The Morgan fingerprint density at radius 1 is 1.17 bits per heavy atom. The molecule has 4 heteroatoms. The van der Waals surface area contributed by atoms with Crippen molar-refractivity contribution in [2.45, 2.75) is 70.4 Å². The van der Waals surface area contributed by atoms with Gasteiger partial charge in [0, 0.05) is 12.5 Å². The Kier molecular flexibility index (Phi) is 4.25. The molecule has 0 aromatic rings. The van der Waals surface area contributed by atoms with Gasteiger partial charge in [0.1, 0.15) is 6.04 Å². The smallest absolute Gasteiger partial charge is 0.326 e. The minimum absolute atomic E-state index is 0.0549. The highest BCUT2D eigenvalue weighted by atomic mass is 16.4. The molecule has 18 heavy (non-hydrogen) atoms. The molecule has 0 radical (unpaired) electrons. The molecule has 1 N–H and O–H groups in total. The van der Waals surface area contributed by atoms with Crippen molar-refractivity contribution >= 4 is 11.9 Å². The zero-order valence-corrected chi connectivity index (χ0v) is 11.1. The highest BCUT2D eigenvalue weighted by molar-refractivity contribution is 5.84. The molecule has 1 atom stereocenters. The molecule has 2 aliphatic carbocycles.